The molecule has 0 saturated carbocycles. The van der Waals surface area contributed by atoms with Gasteiger partial charge in [0, 0.05) is 70.5 Å². The predicted octanol–water partition coefficient (Wildman–Crippen LogP) is 1.18. The monoisotopic (exact) mass is 571 g/mol. The number of aliphatic carboxylic acids is 3. The van der Waals surface area contributed by atoms with Crippen LogP contribution < -0.4 is 0 Å². The van der Waals surface area contributed by atoms with E-state index in [-0.39, 0.29) is 31.4 Å². The molecule has 1 unspecified atom stereocenters. The van der Waals surface area contributed by atoms with Crippen molar-refractivity contribution in [3.05, 3.63) is 75.8 Å². The first-order valence-corrected chi connectivity index (χ1v) is 13.4. The topological polar surface area (TPSA) is 168 Å². The Bertz CT molecular complexity index is 1140. The van der Waals surface area contributed by atoms with Gasteiger partial charge >= 0.3 is 17.9 Å². The number of carboxylic acids is 3. The smallest absolute Gasteiger partial charge is 0.317 e. The summed E-state index contributed by atoms with van der Waals surface area (Å²) < 4.78 is 0. The molecule has 1 heterocycles. The van der Waals surface area contributed by atoms with E-state index in [9.17, 15) is 39.8 Å². The summed E-state index contributed by atoms with van der Waals surface area (Å²) in [7, 11) is 0. The van der Waals surface area contributed by atoms with Crippen molar-refractivity contribution >= 4 is 23.6 Å². The van der Waals surface area contributed by atoms with Crippen LogP contribution >= 0.6 is 0 Å². The van der Waals surface area contributed by atoms with Gasteiger partial charge in [-0.15, -0.1) is 0 Å². The van der Waals surface area contributed by atoms with Crippen LogP contribution in [0.3, 0.4) is 0 Å². The van der Waals surface area contributed by atoms with Crippen LogP contribution in [0.4, 0.5) is 5.69 Å². The summed E-state index contributed by atoms with van der Waals surface area (Å²) in [6.45, 7) is 3.00. The zero-order valence-electron chi connectivity index (χ0n) is 22.9. The second-order valence-electron chi connectivity index (χ2n) is 10.2. The fourth-order valence-electron chi connectivity index (χ4n) is 5.00. The third-order valence-corrected chi connectivity index (χ3v) is 7.09. The molecular weight excluding hydrogens is 534 g/mol. The molecule has 2 aromatic rings. The summed E-state index contributed by atoms with van der Waals surface area (Å²) >= 11 is 0. The maximum absolute atomic E-state index is 12.0. The van der Waals surface area contributed by atoms with Gasteiger partial charge in [-0.25, -0.2) is 0 Å². The van der Waals surface area contributed by atoms with Gasteiger partial charge < -0.3 is 15.3 Å². The third-order valence-electron chi connectivity index (χ3n) is 7.09. The number of hydrogen-bond donors (Lipinski definition) is 3. The van der Waals surface area contributed by atoms with Gasteiger partial charge in [0.1, 0.15) is 0 Å². The number of nitro groups is 1. The largest absolute Gasteiger partial charge is 0.480 e. The summed E-state index contributed by atoms with van der Waals surface area (Å²) in [6.07, 6.45) is 0.423. The lowest BCUT2D eigenvalue weighted by atomic mass is 10.0. The Balaban J connectivity index is 1.89. The summed E-state index contributed by atoms with van der Waals surface area (Å²) in [5.74, 6) is -2.92. The van der Waals surface area contributed by atoms with Gasteiger partial charge in [-0.1, -0.05) is 42.5 Å². The van der Waals surface area contributed by atoms with Gasteiger partial charge in [0.25, 0.3) is 5.69 Å². The molecule has 0 radical (unpaired) electrons. The number of non-ortho nitro benzene ring substituents is 1. The molecule has 0 amide bonds. The second kappa shape index (κ2) is 15.8. The lowest BCUT2D eigenvalue weighted by Gasteiger charge is -2.36. The van der Waals surface area contributed by atoms with E-state index >= 15 is 0 Å². The number of hydrogen-bond acceptors (Lipinski definition) is 9. The van der Waals surface area contributed by atoms with E-state index in [1.54, 1.807) is 21.9 Å². The molecule has 41 heavy (non-hydrogen) atoms. The molecule has 3 N–H and O–H groups in total. The molecule has 0 spiro atoms. The molecule has 13 heteroatoms. The number of carbonyl (C=O) groups is 3. The zero-order chi connectivity index (χ0) is 29.8. The molecular formula is C28H37N5O8. The summed E-state index contributed by atoms with van der Waals surface area (Å²) in [5.41, 5.74) is 1.72. The minimum absolute atomic E-state index is 0.0333. The van der Waals surface area contributed by atoms with Gasteiger partial charge in [0.2, 0.25) is 0 Å². The van der Waals surface area contributed by atoms with E-state index in [1.807, 2.05) is 35.2 Å². The third kappa shape index (κ3) is 11.2. The Morgan fingerprint density at radius 3 is 1.73 bits per heavy atom. The zero-order valence-corrected chi connectivity index (χ0v) is 22.9. The van der Waals surface area contributed by atoms with Crippen molar-refractivity contribution in [1.29, 1.82) is 0 Å². The molecule has 3 rings (SSSR count). The second-order valence-corrected chi connectivity index (χ2v) is 10.2. The van der Waals surface area contributed by atoms with Crippen molar-refractivity contribution in [2.45, 2.75) is 19.0 Å². The minimum atomic E-state index is -0.987. The molecule has 0 aliphatic carbocycles. The first-order valence-electron chi connectivity index (χ1n) is 13.4. The maximum atomic E-state index is 12.0. The van der Waals surface area contributed by atoms with Gasteiger partial charge in [-0.3, -0.25) is 44.1 Å². The van der Waals surface area contributed by atoms with Crippen LogP contribution in [0.1, 0.15) is 11.1 Å². The number of carboxylic acid groups (broad SMARTS) is 3. The van der Waals surface area contributed by atoms with Crippen LogP contribution in [0.15, 0.2) is 54.6 Å². The standard InChI is InChI=1S/C28H37N5O8/c34-26(35)19-30-12-10-29(11-13-31(15-14-30)20-27(36)37)18-25(16-22-6-8-24(9-7-22)33(40)41)32(21-28(38)39)17-23-4-2-1-3-5-23/h1-9,25H,10-21H2,(H,34,35)(H,36,37)(H,38,39). The van der Waals surface area contributed by atoms with E-state index in [2.05, 4.69) is 4.90 Å². The van der Waals surface area contributed by atoms with Crippen molar-refractivity contribution in [3.8, 4) is 0 Å². The van der Waals surface area contributed by atoms with Crippen LogP contribution in [-0.4, -0.2) is 129 Å². The van der Waals surface area contributed by atoms with Gasteiger partial charge in [-0.2, -0.15) is 0 Å². The van der Waals surface area contributed by atoms with Crippen LogP contribution in [0.2, 0.25) is 0 Å². The van der Waals surface area contributed by atoms with E-state index in [4.69, 9.17) is 0 Å². The van der Waals surface area contributed by atoms with Gasteiger partial charge in [0.05, 0.1) is 24.6 Å². The van der Waals surface area contributed by atoms with Gasteiger partial charge in [0.15, 0.2) is 0 Å². The Hall–Kier alpha value is -3.91. The first-order chi connectivity index (χ1) is 19.6. The average molecular weight is 572 g/mol. The number of benzene rings is 2. The van der Waals surface area contributed by atoms with E-state index in [0.717, 1.165) is 11.1 Å². The lowest BCUT2D eigenvalue weighted by Crippen LogP contribution is -2.49. The molecule has 0 bridgehead atoms. The normalized spacial score (nSPS) is 16.4. The van der Waals surface area contributed by atoms with Crippen molar-refractivity contribution in [2.75, 3.05) is 65.4 Å². The molecule has 1 aliphatic rings. The number of nitro benzene ring substituents is 1. The Labute approximate surface area is 238 Å². The van der Waals surface area contributed by atoms with Crippen molar-refractivity contribution in [2.24, 2.45) is 0 Å². The molecule has 1 fully saturated rings. The van der Waals surface area contributed by atoms with E-state index in [0.29, 0.717) is 58.8 Å². The Morgan fingerprint density at radius 1 is 0.756 bits per heavy atom. The van der Waals surface area contributed by atoms with Crippen LogP contribution in [0, 0.1) is 10.1 Å². The highest BCUT2D eigenvalue weighted by molar-refractivity contribution is 5.69. The number of nitrogens with zero attached hydrogens (tertiary/aromatic N) is 5. The van der Waals surface area contributed by atoms with Crippen LogP contribution in [0.5, 0.6) is 0 Å². The highest BCUT2D eigenvalue weighted by Gasteiger charge is 2.26. The first kappa shape index (κ1) is 31.6. The molecule has 1 saturated heterocycles. The summed E-state index contributed by atoms with van der Waals surface area (Å²) in [4.78, 5) is 53.0. The molecule has 222 valence electrons. The Kier molecular flexibility index (Phi) is 12.2. The van der Waals surface area contributed by atoms with E-state index < -0.39 is 22.8 Å². The van der Waals surface area contributed by atoms with Crippen LogP contribution in [0.25, 0.3) is 0 Å². The molecule has 1 atom stereocenters. The average Bonchev–Trinajstić information content (AvgIpc) is 2.99. The fourth-order valence-corrected chi connectivity index (χ4v) is 5.00. The predicted molar refractivity (Wildman–Crippen MR) is 150 cm³/mol. The van der Waals surface area contributed by atoms with Crippen molar-refractivity contribution < 1.29 is 34.6 Å². The van der Waals surface area contributed by atoms with E-state index in [1.165, 1.54) is 12.1 Å². The highest BCUT2D eigenvalue weighted by Crippen LogP contribution is 2.18. The summed E-state index contributed by atoms with van der Waals surface area (Å²) in [5, 5.41) is 39.7. The molecule has 1 aliphatic heterocycles. The SMILES string of the molecule is O=C(O)CN1CCN(CC(=O)O)CCN(CC(Cc2ccc([N+](=O)[O-])cc2)N(CC(=O)O)Cc2ccccc2)CC1. The van der Waals surface area contributed by atoms with Crippen molar-refractivity contribution in [3.63, 3.8) is 0 Å². The summed E-state index contributed by atoms with van der Waals surface area (Å²) in [6, 6.07) is 15.4. The highest BCUT2D eigenvalue weighted by atomic mass is 16.6. The van der Waals surface area contributed by atoms with Crippen LogP contribution in [-0.2, 0) is 27.3 Å². The molecule has 2 aromatic carbocycles. The minimum Gasteiger partial charge on any atom is -0.480 e. The fraction of sp³-hybridized carbons (Fsp3) is 0.464. The van der Waals surface area contributed by atoms with Crippen molar-refractivity contribution in [1.82, 2.24) is 19.6 Å². The quantitative estimate of drug-likeness (QED) is 0.219. The molecule has 13 nitrogen and oxygen atoms in total. The maximum Gasteiger partial charge on any atom is 0.317 e. The number of rotatable bonds is 14. The van der Waals surface area contributed by atoms with Gasteiger partial charge in [-0.05, 0) is 17.5 Å². The Morgan fingerprint density at radius 2 is 1.27 bits per heavy atom. The lowest BCUT2D eigenvalue weighted by molar-refractivity contribution is -0.384. The molecule has 0 aromatic heterocycles.